The van der Waals surface area contributed by atoms with E-state index in [1.165, 1.54) is 12.5 Å². The van der Waals surface area contributed by atoms with Crippen molar-refractivity contribution in [2.75, 3.05) is 7.05 Å². The van der Waals surface area contributed by atoms with E-state index in [9.17, 15) is 4.39 Å². The zero-order valence-corrected chi connectivity index (χ0v) is 12.7. The second kappa shape index (κ2) is 6.23. The molecule has 1 saturated carbocycles. The van der Waals surface area contributed by atoms with Gasteiger partial charge in [0, 0.05) is 16.6 Å². The van der Waals surface area contributed by atoms with Crippen LogP contribution in [0.5, 0.6) is 0 Å². The van der Waals surface area contributed by atoms with Crippen molar-refractivity contribution in [2.45, 2.75) is 39.2 Å². The first-order valence-corrected chi connectivity index (χ1v) is 7.53. The summed E-state index contributed by atoms with van der Waals surface area (Å²) in [4.78, 5) is 0. The molecule has 1 aromatic rings. The van der Waals surface area contributed by atoms with Gasteiger partial charge in [0.2, 0.25) is 0 Å². The van der Waals surface area contributed by atoms with Crippen LogP contribution in [0.25, 0.3) is 0 Å². The molecule has 1 aliphatic rings. The van der Waals surface area contributed by atoms with Gasteiger partial charge in [0.25, 0.3) is 0 Å². The molecular weight excluding hydrogens is 261 g/mol. The fraction of sp³-hybridized carbons (Fsp3) is 0.625. The summed E-state index contributed by atoms with van der Waals surface area (Å²) in [5.41, 5.74) is 0.710. The molecule has 1 aromatic carbocycles. The molecule has 0 saturated heterocycles. The van der Waals surface area contributed by atoms with Crippen LogP contribution in [0, 0.1) is 23.6 Å². The van der Waals surface area contributed by atoms with Gasteiger partial charge in [-0.3, -0.25) is 0 Å². The van der Waals surface area contributed by atoms with Crippen LogP contribution in [0.3, 0.4) is 0 Å². The predicted octanol–water partition coefficient (Wildman–Crippen LogP) is 4.81. The summed E-state index contributed by atoms with van der Waals surface area (Å²) >= 11 is 6.01. The third-order valence-corrected chi connectivity index (χ3v) is 4.95. The highest BCUT2D eigenvalue weighted by molar-refractivity contribution is 6.30. The first kappa shape index (κ1) is 14.8. The van der Waals surface area contributed by atoms with Gasteiger partial charge in [-0.05, 0) is 55.8 Å². The summed E-state index contributed by atoms with van der Waals surface area (Å²) < 4.78 is 14.0. The van der Waals surface area contributed by atoms with Gasteiger partial charge >= 0.3 is 0 Å². The zero-order valence-electron chi connectivity index (χ0n) is 11.9. The van der Waals surface area contributed by atoms with Crippen LogP contribution in [-0.4, -0.2) is 7.05 Å². The Balaban J connectivity index is 2.22. The minimum absolute atomic E-state index is 0.0636. The van der Waals surface area contributed by atoms with E-state index in [0.29, 0.717) is 22.4 Å². The summed E-state index contributed by atoms with van der Waals surface area (Å²) in [6, 6.07) is 4.91. The largest absolute Gasteiger partial charge is 0.313 e. The standard InChI is InChI=1S/C16H23ClFN/c1-10-4-5-12(8-11(10)2)16(19-3)14-9-13(17)6-7-15(14)18/h6-7,9-12,16,19H,4-5,8H2,1-3H3. The van der Waals surface area contributed by atoms with E-state index in [0.717, 1.165) is 18.8 Å². The van der Waals surface area contributed by atoms with Crippen LogP contribution in [0.1, 0.15) is 44.7 Å². The lowest BCUT2D eigenvalue weighted by molar-refractivity contribution is 0.173. The van der Waals surface area contributed by atoms with E-state index in [1.807, 2.05) is 7.05 Å². The molecule has 0 aliphatic heterocycles. The number of hydrogen-bond acceptors (Lipinski definition) is 1. The van der Waals surface area contributed by atoms with E-state index < -0.39 is 0 Å². The van der Waals surface area contributed by atoms with Crippen LogP contribution in [0.2, 0.25) is 5.02 Å². The maximum Gasteiger partial charge on any atom is 0.128 e. The van der Waals surface area contributed by atoms with Crippen LogP contribution in [0.4, 0.5) is 4.39 Å². The Morgan fingerprint density at radius 1 is 1.26 bits per heavy atom. The molecule has 0 heterocycles. The third kappa shape index (κ3) is 3.29. The zero-order chi connectivity index (χ0) is 14.0. The minimum Gasteiger partial charge on any atom is -0.313 e. The highest BCUT2D eigenvalue weighted by Gasteiger charge is 2.31. The second-order valence-corrected chi connectivity index (χ2v) is 6.40. The number of nitrogens with one attached hydrogen (secondary N) is 1. The second-order valence-electron chi connectivity index (χ2n) is 5.96. The molecule has 2 rings (SSSR count). The summed E-state index contributed by atoms with van der Waals surface area (Å²) in [6.07, 6.45) is 3.54. The average Bonchev–Trinajstić information content (AvgIpc) is 2.38. The van der Waals surface area contributed by atoms with Crippen LogP contribution in [-0.2, 0) is 0 Å². The molecule has 0 aromatic heterocycles. The molecule has 4 unspecified atom stereocenters. The van der Waals surface area contributed by atoms with E-state index in [1.54, 1.807) is 12.1 Å². The lowest BCUT2D eigenvalue weighted by Gasteiger charge is -2.37. The molecule has 0 amide bonds. The number of rotatable bonds is 3. The molecule has 106 valence electrons. The van der Waals surface area contributed by atoms with Crippen molar-refractivity contribution >= 4 is 11.6 Å². The molecule has 4 atom stereocenters. The Labute approximate surface area is 120 Å². The summed E-state index contributed by atoms with van der Waals surface area (Å²) in [5.74, 6) is 1.81. The van der Waals surface area contributed by atoms with Crippen molar-refractivity contribution < 1.29 is 4.39 Å². The fourth-order valence-corrected chi connectivity index (χ4v) is 3.47. The maximum atomic E-state index is 14.0. The monoisotopic (exact) mass is 283 g/mol. The fourth-order valence-electron chi connectivity index (χ4n) is 3.29. The third-order valence-electron chi connectivity index (χ3n) is 4.71. The molecule has 0 spiro atoms. The molecule has 0 radical (unpaired) electrons. The SMILES string of the molecule is CNC(c1cc(Cl)ccc1F)C1CCC(C)C(C)C1. The topological polar surface area (TPSA) is 12.0 Å². The van der Waals surface area contributed by atoms with Crippen molar-refractivity contribution in [3.8, 4) is 0 Å². The minimum atomic E-state index is -0.157. The lowest BCUT2D eigenvalue weighted by atomic mass is 9.72. The molecule has 3 heteroatoms. The number of benzene rings is 1. The van der Waals surface area contributed by atoms with Crippen LogP contribution < -0.4 is 5.32 Å². The summed E-state index contributed by atoms with van der Waals surface area (Å²) in [5, 5.41) is 3.90. The molecular formula is C16H23ClFN. The Morgan fingerprint density at radius 3 is 2.63 bits per heavy atom. The van der Waals surface area contributed by atoms with Gasteiger partial charge in [-0.25, -0.2) is 4.39 Å². The van der Waals surface area contributed by atoms with Gasteiger partial charge in [0.1, 0.15) is 5.82 Å². The normalized spacial score (nSPS) is 29.2. The Kier molecular flexibility index (Phi) is 4.86. The molecule has 1 nitrogen and oxygen atoms in total. The van der Waals surface area contributed by atoms with Crippen LogP contribution >= 0.6 is 11.6 Å². The van der Waals surface area contributed by atoms with Gasteiger partial charge in [0.05, 0.1) is 0 Å². The van der Waals surface area contributed by atoms with Crippen molar-refractivity contribution in [3.63, 3.8) is 0 Å². The number of halogens is 2. The van der Waals surface area contributed by atoms with E-state index in [-0.39, 0.29) is 11.9 Å². The van der Waals surface area contributed by atoms with Crippen molar-refractivity contribution in [1.29, 1.82) is 0 Å². The smallest absolute Gasteiger partial charge is 0.128 e. The molecule has 1 N–H and O–H groups in total. The average molecular weight is 284 g/mol. The van der Waals surface area contributed by atoms with Gasteiger partial charge < -0.3 is 5.32 Å². The first-order chi connectivity index (χ1) is 9.02. The molecule has 0 bridgehead atoms. The van der Waals surface area contributed by atoms with E-state index >= 15 is 0 Å². The van der Waals surface area contributed by atoms with Crippen LogP contribution in [0.15, 0.2) is 18.2 Å². The van der Waals surface area contributed by atoms with Gasteiger partial charge in [0.15, 0.2) is 0 Å². The highest BCUT2D eigenvalue weighted by Crippen LogP contribution is 2.40. The van der Waals surface area contributed by atoms with E-state index in [2.05, 4.69) is 19.2 Å². The molecule has 1 fully saturated rings. The number of hydrogen-bond donors (Lipinski definition) is 1. The van der Waals surface area contributed by atoms with Crippen molar-refractivity contribution in [2.24, 2.45) is 17.8 Å². The van der Waals surface area contributed by atoms with Crippen molar-refractivity contribution in [1.82, 2.24) is 5.32 Å². The van der Waals surface area contributed by atoms with Gasteiger partial charge in [-0.15, -0.1) is 0 Å². The quantitative estimate of drug-likeness (QED) is 0.839. The molecule has 19 heavy (non-hydrogen) atoms. The first-order valence-electron chi connectivity index (χ1n) is 7.15. The predicted molar refractivity (Wildman–Crippen MR) is 78.9 cm³/mol. The maximum absolute atomic E-state index is 14.0. The summed E-state index contributed by atoms with van der Waals surface area (Å²) in [6.45, 7) is 4.62. The van der Waals surface area contributed by atoms with Crippen molar-refractivity contribution in [3.05, 3.63) is 34.6 Å². The Morgan fingerprint density at radius 2 is 2.00 bits per heavy atom. The molecule has 1 aliphatic carbocycles. The van der Waals surface area contributed by atoms with Gasteiger partial charge in [-0.1, -0.05) is 31.9 Å². The highest BCUT2D eigenvalue weighted by atomic mass is 35.5. The van der Waals surface area contributed by atoms with Gasteiger partial charge in [-0.2, -0.15) is 0 Å². The lowest BCUT2D eigenvalue weighted by Crippen LogP contribution is -2.32. The Bertz CT molecular complexity index is 435. The van der Waals surface area contributed by atoms with E-state index in [4.69, 9.17) is 11.6 Å². The summed E-state index contributed by atoms with van der Waals surface area (Å²) in [7, 11) is 1.91. The Hall–Kier alpha value is -0.600.